The molecule has 4 heteroatoms. The maximum atomic E-state index is 5.91. The number of hydrogen-bond acceptors (Lipinski definition) is 4. The van der Waals surface area contributed by atoms with Crippen molar-refractivity contribution >= 4 is 92.6 Å². The van der Waals surface area contributed by atoms with E-state index in [1.165, 1.54) is 166 Å². The molecule has 2 nitrogen and oxygen atoms in total. The highest BCUT2D eigenvalue weighted by molar-refractivity contribution is 7.11. The largest absolute Gasteiger partial charge is 0.457 e. The van der Waals surface area contributed by atoms with Crippen LogP contribution in [-0.2, 0) is 0 Å². The molecule has 0 saturated heterocycles. The van der Waals surface area contributed by atoms with Crippen LogP contribution in [-0.4, -0.2) is 0 Å². The van der Waals surface area contributed by atoms with Crippen LogP contribution in [0, 0.1) is 27.7 Å². The summed E-state index contributed by atoms with van der Waals surface area (Å²) in [6.07, 6.45) is 39.9. The molecule has 0 radical (unpaired) electrons. The van der Waals surface area contributed by atoms with Gasteiger partial charge in [-0.05, 0) is 359 Å². The van der Waals surface area contributed by atoms with Gasteiger partial charge in [0.15, 0.2) is 0 Å². The van der Waals surface area contributed by atoms with Gasteiger partial charge >= 0.3 is 0 Å². The van der Waals surface area contributed by atoms with E-state index in [1.54, 1.807) is 11.3 Å². The van der Waals surface area contributed by atoms with Crippen LogP contribution in [0.2, 0.25) is 0 Å². The fraction of sp³-hybridized carbons (Fsp3) is 0.242. The molecule has 0 atom stereocenters. The number of thiophene rings is 2. The van der Waals surface area contributed by atoms with Gasteiger partial charge in [-0.25, -0.2) is 0 Å². The average molecular weight is 1730 g/mol. The summed E-state index contributed by atoms with van der Waals surface area (Å²) in [6, 6.07) is 93.1. The Morgan fingerprint density at radius 1 is 0.266 bits per heavy atom. The van der Waals surface area contributed by atoms with E-state index in [0.29, 0.717) is 0 Å². The van der Waals surface area contributed by atoms with Gasteiger partial charge in [0.2, 0.25) is 0 Å². The van der Waals surface area contributed by atoms with Crippen molar-refractivity contribution in [2.24, 2.45) is 0 Å². The minimum Gasteiger partial charge on any atom is -0.457 e. The summed E-state index contributed by atoms with van der Waals surface area (Å²) in [7, 11) is 0. The highest BCUT2D eigenvalue weighted by atomic mass is 32.1. The van der Waals surface area contributed by atoms with Crippen molar-refractivity contribution in [2.75, 3.05) is 0 Å². The molecule has 0 aliphatic heterocycles. The van der Waals surface area contributed by atoms with Crippen molar-refractivity contribution in [3.63, 3.8) is 0 Å². The van der Waals surface area contributed by atoms with Crippen LogP contribution in [0.3, 0.4) is 0 Å². The van der Waals surface area contributed by atoms with Crippen LogP contribution in [0.1, 0.15) is 264 Å². The Morgan fingerprint density at radius 2 is 0.602 bits per heavy atom. The second-order valence-electron chi connectivity index (χ2n) is 33.7. The first-order chi connectivity index (χ1) is 61.7. The summed E-state index contributed by atoms with van der Waals surface area (Å²) in [4.78, 5) is 2.78. The quantitative estimate of drug-likeness (QED) is 0.0344. The zero-order valence-electron chi connectivity index (χ0n) is 80.9. The van der Waals surface area contributed by atoms with E-state index in [1.807, 2.05) is 96.3 Å². The van der Waals surface area contributed by atoms with E-state index in [9.17, 15) is 0 Å². The molecule has 662 valence electrons. The first-order valence-electron chi connectivity index (χ1n) is 45.6. The molecule has 12 aromatic rings. The fourth-order valence-electron chi connectivity index (χ4n) is 13.4. The molecular formula is C124H142O2S2. The average Bonchev–Trinajstić information content (AvgIpc) is 1.14. The minimum atomic E-state index is 0.843. The molecule has 0 fully saturated rings. The Labute approximate surface area is 781 Å². The predicted molar refractivity (Wildman–Crippen MR) is 575 cm³/mol. The molecule has 12 rings (SSSR count). The molecule has 128 heavy (non-hydrogen) atoms. The van der Waals surface area contributed by atoms with Gasteiger partial charge in [0.25, 0.3) is 0 Å². The lowest BCUT2D eigenvalue weighted by Gasteiger charge is -2.09. The van der Waals surface area contributed by atoms with Crippen LogP contribution in [0.15, 0.2) is 360 Å². The molecule has 0 saturated carbocycles. The summed E-state index contributed by atoms with van der Waals surface area (Å²) in [5, 5.41) is 4.28. The van der Waals surface area contributed by atoms with Crippen LogP contribution >= 0.6 is 22.7 Å². The van der Waals surface area contributed by atoms with E-state index in [4.69, 9.17) is 9.47 Å². The lowest BCUT2D eigenvalue weighted by atomic mass is 9.97. The first-order valence-corrected chi connectivity index (χ1v) is 47.4. The number of hydrogen-bond donors (Lipinski definition) is 0. The molecule has 2 aromatic heterocycles. The van der Waals surface area contributed by atoms with E-state index in [-0.39, 0.29) is 0 Å². The Balaban J connectivity index is 0.000000215. The number of aryl methyl sites for hydroxylation is 4. The molecule has 0 aliphatic rings. The van der Waals surface area contributed by atoms with Crippen LogP contribution < -0.4 is 9.47 Å². The molecule has 10 aromatic carbocycles. The van der Waals surface area contributed by atoms with Gasteiger partial charge in [-0.2, -0.15) is 0 Å². The van der Waals surface area contributed by atoms with Crippen LogP contribution in [0.25, 0.3) is 81.0 Å². The lowest BCUT2D eigenvalue weighted by Crippen LogP contribution is -1.89. The Bertz CT molecular complexity index is 5700. The standard InChI is InChI=1S/C32H30O2.C23H26.C21H24.C17H24.C16H18S2.C15H20/c1-3-26(28-19-23-32(24-20-28)34-30-15-8-5-9-16-30)12-10-11-25(2)27-17-21-31(22-18-27)33-29-13-6-4-7-14-29;1-18(2)6-5-7-20(4)23-16-14-22(15-17-23)13-12-21-10-8-19(3)9-11-21;1-16(2)6-5-7-18(4)19-12-14-21(15-13-19)20-10-8-17(3)9-11-20;1-7-13(4)9-17-11-14(5)16(8-12(2)3)10-15(17)6;1-3-14(16-10-6-12-18-16)8-4-7-13(2)15-9-5-11-17-15;1-5-13(4)11-15-8-6-14(7-9-15)10-12(2)3/h4-9,11-24H,3,10H2,1-2H3;6-17H,5H2,1-4H3;6-15H,5H2,1-4H3;8-11H,7H2,1-6H3;5-12H,3-4H2,1-2H3;6-11H,5H2,1-4H3/b25-11-,26-12-;13-12?,20-7+;18-7+;13-9+;13-7-,14-8-;13-11+. The maximum Gasteiger partial charge on any atom is 0.127 e. The molecule has 0 N–H and O–H groups in total. The SMILES string of the molecule is CC(C)=CC/C=C(\C)c1ccc(-c2ccc(C)cc2)cc1.CC(C)=CC/C=C(\C)c1ccc(C=Cc2ccc(C)cc2)cc1.CC/C(=C/C/C=C(/C)c1ccc(Oc2ccccc2)cc1)c1ccc(Oc2ccccc2)cc1.CC/C(=C/C/C=C(/C)c1cccs1)c1cccs1.CC/C(C)=C/c1cc(C)c(C=C(C)C)cc1C.CC/C(C)=C/c1ccc(C=C(C)C)cc1. The van der Waals surface area contributed by atoms with Crippen LogP contribution in [0.5, 0.6) is 23.0 Å². The van der Waals surface area contributed by atoms with Crippen molar-refractivity contribution in [2.45, 2.75) is 204 Å². The van der Waals surface area contributed by atoms with E-state index in [0.717, 1.165) is 74.4 Å². The van der Waals surface area contributed by atoms with Crippen LogP contribution in [0.4, 0.5) is 0 Å². The highest BCUT2D eigenvalue weighted by Crippen LogP contribution is 2.32. The van der Waals surface area contributed by atoms with Gasteiger partial charge < -0.3 is 9.47 Å². The predicted octanol–water partition coefficient (Wildman–Crippen LogP) is 39.5. The Hall–Kier alpha value is -12.2. The minimum absolute atomic E-state index is 0.843. The number of benzene rings is 10. The topological polar surface area (TPSA) is 18.5 Å². The zero-order valence-corrected chi connectivity index (χ0v) is 82.6. The smallest absolute Gasteiger partial charge is 0.127 e. The Morgan fingerprint density at radius 3 is 1.01 bits per heavy atom. The summed E-state index contributed by atoms with van der Waals surface area (Å²) >= 11 is 3.63. The number of para-hydroxylation sites is 2. The van der Waals surface area contributed by atoms with E-state index < -0.39 is 0 Å². The third kappa shape index (κ3) is 39.0. The molecule has 2 heterocycles. The normalized spacial score (nSPS) is 11.8. The second-order valence-corrected chi connectivity index (χ2v) is 35.6. The molecule has 0 aliphatic carbocycles. The summed E-state index contributed by atoms with van der Waals surface area (Å²) in [5.41, 5.74) is 37.0. The third-order valence-electron chi connectivity index (χ3n) is 21.5. The number of allylic oxidation sites excluding steroid dienone is 20. The van der Waals surface area contributed by atoms with Gasteiger partial charge in [-0.3, -0.25) is 0 Å². The molecule has 0 spiro atoms. The van der Waals surface area contributed by atoms with E-state index in [2.05, 4.69) is 430 Å². The zero-order chi connectivity index (χ0) is 92.5. The summed E-state index contributed by atoms with van der Waals surface area (Å²) in [6.45, 7) is 47.6. The van der Waals surface area contributed by atoms with Crippen molar-refractivity contribution in [1.29, 1.82) is 0 Å². The molecular weight excluding hydrogens is 1590 g/mol. The lowest BCUT2D eigenvalue weighted by molar-refractivity contribution is 0.482. The van der Waals surface area contributed by atoms with Gasteiger partial charge in [0.1, 0.15) is 23.0 Å². The number of ether oxygens (including phenoxy) is 2. The number of rotatable bonds is 29. The molecule has 0 unspecified atom stereocenters. The Kier molecular flexibility index (Phi) is 45.7. The molecule has 0 amide bonds. The summed E-state index contributed by atoms with van der Waals surface area (Å²) < 4.78 is 11.8. The second kappa shape index (κ2) is 56.8. The van der Waals surface area contributed by atoms with Crippen molar-refractivity contribution in [3.05, 3.63) is 447 Å². The summed E-state index contributed by atoms with van der Waals surface area (Å²) in [5.74, 6) is 3.39. The van der Waals surface area contributed by atoms with Crippen molar-refractivity contribution < 1.29 is 9.47 Å². The van der Waals surface area contributed by atoms with E-state index >= 15 is 0 Å². The van der Waals surface area contributed by atoms with Gasteiger partial charge in [0.05, 0.1) is 0 Å². The highest BCUT2D eigenvalue weighted by Gasteiger charge is 2.08. The van der Waals surface area contributed by atoms with Crippen molar-refractivity contribution in [3.8, 4) is 34.1 Å². The van der Waals surface area contributed by atoms with Gasteiger partial charge in [-0.1, -0.05) is 364 Å². The third-order valence-corrected chi connectivity index (χ3v) is 23.5. The monoisotopic (exact) mass is 1730 g/mol. The maximum absolute atomic E-state index is 5.91. The fourth-order valence-corrected chi connectivity index (χ4v) is 15.0. The molecule has 0 bridgehead atoms. The van der Waals surface area contributed by atoms with Crippen molar-refractivity contribution in [1.82, 2.24) is 0 Å². The van der Waals surface area contributed by atoms with Gasteiger partial charge in [0, 0.05) is 9.75 Å². The van der Waals surface area contributed by atoms with Gasteiger partial charge in [-0.15, -0.1) is 22.7 Å². The first kappa shape index (κ1) is 103.